The number of anilines is 1. The van der Waals surface area contributed by atoms with Gasteiger partial charge in [-0.15, -0.1) is 0 Å². The van der Waals surface area contributed by atoms with Gasteiger partial charge in [0.05, 0.1) is 5.69 Å². The van der Waals surface area contributed by atoms with Gasteiger partial charge >= 0.3 is 0 Å². The van der Waals surface area contributed by atoms with Crippen LogP contribution in [0.5, 0.6) is 0 Å². The Hall–Kier alpha value is -1.09. The molecule has 0 radical (unpaired) electrons. The Morgan fingerprint density at radius 3 is 2.77 bits per heavy atom. The van der Waals surface area contributed by atoms with Gasteiger partial charge in [0.1, 0.15) is 5.82 Å². The van der Waals surface area contributed by atoms with Crippen LogP contribution in [0.4, 0.5) is 10.1 Å². The van der Waals surface area contributed by atoms with E-state index in [1.807, 2.05) is 6.07 Å². The second kappa shape index (κ2) is 3.34. The summed E-state index contributed by atoms with van der Waals surface area (Å²) >= 11 is 0. The summed E-state index contributed by atoms with van der Waals surface area (Å²) in [5.74, 6) is -0.164. The molecule has 0 saturated heterocycles. The van der Waals surface area contributed by atoms with Crippen molar-refractivity contribution in [2.24, 2.45) is 0 Å². The van der Waals surface area contributed by atoms with Crippen LogP contribution in [-0.2, 0) is 0 Å². The van der Waals surface area contributed by atoms with Crippen LogP contribution in [-0.4, -0.2) is 6.04 Å². The van der Waals surface area contributed by atoms with E-state index in [0.717, 1.165) is 5.69 Å². The van der Waals surface area contributed by atoms with Crippen molar-refractivity contribution < 1.29 is 4.39 Å². The summed E-state index contributed by atoms with van der Waals surface area (Å²) < 4.78 is 13.1. The van der Waals surface area contributed by atoms with Gasteiger partial charge in [-0.05, 0) is 37.5 Å². The summed E-state index contributed by atoms with van der Waals surface area (Å²) in [7, 11) is 0. The highest BCUT2D eigenvalue weighted by molar-refractivity contribution is 5.44. The van der Waals surface area contributed by atoms with Gasteiger partial charge in [0.25, 0.3) is 0 Å². The summed E-state index contributed by atoms with van der Waals surface area (Å²) in [5.41, 5.74) is 7.55. The quantitative estimate of drug-likeness (QED) is 0.697. The lowest BCUT2D eigenvalue weighted by atomic mass is 10.2. The van der Waals surface area contributed by atoms with Crippen molar-refractivity contribution in [1.82, 2.24) is 5.43 Å². The molecule has 0 spiro atoms. The predicted molar refractivity (Wildman–Crippen MR) is 50.9 cm³/mol. The van der Waals surface area contributed by atoms with E-state index in [0.29, 0.717) is 11.6 Å². The van der Waals surface area contributed by atoms with Crippen LogP contribution >= 0.6 is 0 Å². The zero-order chi connectivity index (χ0) is 9.26. The van der Waals surface area contributed by atoms with Gasteiger partial charge < -0.3 is 5.43 Å². The first kappa shape index (κ1) is 8.51. The number of hydrogen-bond acceptors (Lipinski definition) is 2. The van der Waals surface area contributed by atoms with E-state index < -0.39 is 0 Å². The van der Waals surface area contributed by atoms with Crippen LogP contribution < -0.4 is 10.9 Å². The third-order valence-electron chi connectivity index (χ3n) is 2.17. The maximum atomic E-state index is 13.1. The third-order valence-corrected chi connectivity index (χ3v) is 2.17. The number of hydrogen-bond donors (Lipinski definition) is 2. The molecule has 2 rings (SSSR count). The molecular formula is C10H13FN2. The zero-order valence-corrected chi connectivity index (χ0v) is 7.60. The SMILES string of the molecule is Cc1ccc(NNC2CC2)cc1F. The smallest absolute Gasteiger partial charge is 0.128 e. The van der Waals surface area contributed by atoms with Crippen LogP contribution in [0.15, 0.2) is 18.2 Å². The van der Waals surface area contributed by atoms with Crippen molar-refractivity contribution >= 4 is 5.69 Å². The molecule has 1 aliphatic rings. The first-order valence-corrected chi connectivity index (χ1v) is 4.53. The third kappa shape index (κ3) is 2.18. The molecule has 70 valence electrons. The molecule has 1 aromatic rings. The van der Waals surface area contributed by atoms with Gasteiger partial charge in [0.15, 0.2) is 0 Å². The monoisotopic (exact) mass is 180 g/mol. The zero-order valence-electron chi connectivity index (χ0n) is 7.60. The van der Waals surface area contributed by atoms with E-state index in [1.165, 1.54) is 18.9 Å². The predicted octanol–water partition coefficient (Wildman–Crippen LogP) is 2.21. The minimum Gasteiger partial charge on any atom is -0.321 e. The van der Waals surface area contributed by atoms with Crippen LogP contribution in [0.2, 0.25) is 0 Å². The van der Waals surface area contributed by atoms with Crippen molar-refractivity contribution in [1.29, 1.82) is 0 Å². The number of hydrazine groups is 1. The molecule has 13 heavy (non-hydrogen) atoms. The van der Waals surface area contributed by atoms with E-state index in [9.17, 15) is 4.39 Å². The van der Waals surface area contributed by atoms with Gasteiger partial charge in [-0.25, -0.2) is 9.82 Å². The summed E-state index contributed by atoms with van der Waals surface area (Å²) in [6.07, 6.45) is 2.42. The molecular weight excluding hydrogens is 167 g/mol. The fourth-order valence-electron chi connectivity index (χ4n) is 1.08. The van der Waals surface area contributed by atoms with Gasteiger partial charge in [-0.2, -0.15) is 0 Å². The highest BCUT2D eigenvalue weighted by Gasteiger charge is 2.20. The molecule has 2 N–H and O–H groups in total. The van der Waals surface area contributed by atoms with Crippen LogP contribution in [0, 0.1) is 12.7 Å². The topological polar surface area (TPSA) is 24.1 Å². The number of halogens is 1. The second-order valence-corrected chi connectivity index (χ2v) is 3.51. The molecule has 0 aliphatic heterocycles. The molecule has 1 saturated carbocycles. The largest absolute Gasteiger partial charge is 0.321 e. The molecule has 1 aliphatic carbocycles. The Morgan fingerprint density at radius 1 is 1.38 bits per heavy atom. The van der Waals surface area contributed by atoms with E-state index in [1.54, 1.807) is 13.0 Å². The Balaban J connectivity index is 1.98. The fraction of sp³-hybridized carbons (Fsp3) is 0.400. The molecule has 1 aromatic carbocycles. The van der Waals surface area contributed by atoms with Crippen LogP contribution in [0.25, 0.3) is 0 Å². The van der Waals surface area contributed by atoms with Crippen molar-refractivity contribution in [2.75, 3.05) is 5.43 Å². The molecule has 2 nitrogen and oxygen atoms in total. The lowest BCUT2D eigenvalue weighted by Gasteiger charge is -2.07. The Labute approximate surface area is 77.1 Å². The molecule has 3 heteroatoms. The maximum Gasteiger partial charge on any atom is 0.128 e. The summed E-state index contributed by atoms with van der Waals surface area (Å²) in [4.78, 5) is 0. The molecule has 0 amide bonds. The molecule has 0 heterocycles. The molecule has 0 atom stereocenters. The van der Waals surface area contributed by atoms with Crippen molar-refractivity contribution in [2.45, 2.75) is 25.8 Å². The lowest BCUT2D eigenvalue weighted by molar-refractivity contribution is 0.618. The van der Waals surface area contributed by atoms with Crippen LogP contribution in [0.1, 0.15) is 18.4 Å². The molecule has 0 bridgehead atoms. The number of nitrogens with one attached hydrogen (secondary N) is 2. The molecule has 0 aromatic heterocycles. The van der Waals surface area contributed by atoms with E-state index in [4.69, 9.17) is 0 Å². The summed E-state index contributed by atoms with van der Waals surface area (Å²) in [6.45, 7) is 1.76. The van der Waals surface area contributed by atoms with Crippen LogP contribution in [0.3, 0.4) is 0 Å². The van der Waals surface area contributed by atoms with Gasteiger partial charge in [0, 0.05) is 6.04 Å². The minimum atomic E-state index is -0.164. The average Bonchev–Trinajstić information content (AvgIpc) is 2.91. The van der Waals surface area contributed by atoms with Crippen molar-refractivity contribution in [3.63, 3.8) is 0 Å². The van der Waals surface area contributed by atoms with Gasteiger partial charge in [0.2, 0.25) is 0 Å². The normalized spacial score (nSPS) is 15.8. The lowest BCUT2D eigenvalue weighted by Crippen LogP contribution is -2.23. The maximum absolute atomic E-state index is 13.1. The standard InChI is InChI=1S/C10H13FN2/c1-7-2-3-9(6-10(7)11)13-12-8-4-5-8/h2-3,6,8,12-13H,4-5H2,1H3. The molecule has 0 unspecified atom stereocenters. The van der Waals surface area contributed by atoms with Crippen molar-refractivity contribution in [3.05, 3.63) is 29.6 Å². The van der Waals surface area contributed by atoms with E-state index in [2.05, 4.69) is 10.9 Å². The Morgan fingerprint density at radius 2 is 2.15 bits per heavy atom. The minimum absolute atomic E-state index is 0.164. The fourth-order valence-corrected chi connectivity index (χ4v) is 1.08. The first-order chi connectivity index (χ1) is 6.25. The summed E-state index contributed by atoms with van der Waals surface area (Å²) in [6, 6.07) is 5.72. The molecule has 1 fully saturated rings. The first-order valence-electron chi connectivity index (χ1n) is 4.53. The Bertz CT molecular complexity index is 308. The van der Waals surface area contributed by atoms with Gasteiger partial charge in [-0.3, -0.25) is 0 Å². The highest BCUT2D eigenvalue weighted by atomic mass is 19.1. The average molecular weight is 180 g/mol. The Kier molecular flexibility index (Phi) is 2.19. The van der Waals surface area contributed by atoms with Crippen molar-refractivity contribution in [3.8, 4) is 0 Å². The summed E-state index contributed by atoms with van der Waals surface area (Å²) in [5, 5.41) is 0. The highest BCUT2D eigenvalue weighted by Crippen LogP contribution is 2.19. The second-order valence-electron chi connectivity index (χ2n) is 3.51. The van der Waals surface area contributed by atoms with E-state index in [-0.39, 0.29) is 5.82 Å². The number of benzene rings is 1. The number of rotatable bonds is 3. The van der Waals surface area contributed by atoms with E-state index >= 15 is 0 Å². The number of aryl methyl sites for hydroxylation is 1. The van der Waals surface area contributed by atoms with Gasteiger partial charge in [-0.1, -0.05) is 6.07 Å².